The summed E-state index contributed by atoms with van der Waals surface area (Å²) in [6.07, 6.45) is 6.40. The van der Waals surface area contributed by atoms with Crippen LogP contribution < -0.4 is 0 Å². The average Bonchev–Trinajstić information content (AvgIpc) is 2.39. The van der Waals surface area contributed by atoms with Gasteiger partial charge in [-0.15, -0.1) is 0 Å². The fraction of sp³-hybridized carbons (Fsp3) is 0.643. The number of rotatable bonds is 5. The molecule has 0 aliphatic carbocycles. The first-order valence-corrected chi connectivity index (χ1v) is 6.61. The van der Waals surface area contributed by atoms with E-state index in [1.54, 1.807) is 0 Å². The highest BCUT2D eigenvalue weighted by molar-refractivity contribution is 5.03. The van der Waals surface area contributed by atoms with Crippen molar-refractivity contribution in [2.75, 3.05) is 26.2 Å². The lowest BCUT2D eigenvalue weighted by atomic mass is 9.95. The Morgan fingerprint density at radius 1 is 1.41 bits per heavy atom. The Balaban J connectivity index is 1.75. The zero-order valence-electron chi connectivity index (χ0n) is 10.4. The van der Waals surface area contributed by atoms with Crippen LogP contribution >= 0.6 is 0 Å². The second-order valence-electron chi connectivity index (χ2n) is 4.89. The summed E-state index contributed by atoms with van der Waals surface area (Å²) in [6, 6.07) is 6.10. The number of aliphatic hydroxyl groups is 1. The quantitative estimate of drug-likeness (QED) is 0.842. The van der Waals surface area contributed by atoms with Gasteiger partial charge < -0.3 is 10.0 Å². The maximum Gasteiger partial charge on any atom is 0.0434 e. The Morgan fingerprint density at radius 3 is 3.12 bits per heavy atom. The molecule has 0 bridgehead atoms. The minimum Gasteiger partial charge on any atom is -0.396 e. The molecule has 0 aromatic carbocycles. The Hall–Kier alpha value is -0.930. The topological polar surface area (TPSA) is 36.4 Å². The summed E-state index contributed by atoms with van der Waals surface area (Å²) >= 11 is 0. The van der Waals surface area contributed by atoms with Gasteiger partial charge in [-0.3, -0.25) is 4.98 Å². The lowest BCUT2D eigenvalue weighted by Gasteiger charge is -2.32. The maximum atomic E-state index is 8.98. The van der Waals surface area contributed by atoms with E-state index >= 15 is 0 Å². The molecule has 1 aliphatic rings. The van der Waals surface area contributed by atoms with E-state index in [1.807, 2.05) is 18.3 Å². The summed E-state index contributed by atoms with van der Waals surface area (Å²) in [5, 5.41) is 8.98. The molecule has 0 radical (unpaired) electrons. The van der Waals surface area contributed by atoms with E-state index in [0.29, 0.717) is 12.5 Å². The number of aromatic nitrogens is 1. The van der Waals surface area contributed by atoms with Crippen molar-refractivity contribution in [1.29, 1.82) is 0 Å². The van der Waals surface area contributed by atoms with Crippen LogP contribution in [0.15, 0.2) is 24.4 Å². The predicted molar refractivity (Wildman–Crippen MR) is 68.8 cm³/mol. The number of piperidine rings is 1. The molecule has 0 saturated carbocycles. The molecule has 1 atom stereocenters. The number of aliphatic hydroxyl groups excluding tert-OH is 1. The van der Waals surface area contributed by atoms with Gasteiger partial charge in [0.25, 0.3) is 0 Å². The molecule has 1 aromatic heterocycles. The van der Waals surface area contributed by atoms with Crippen LogP contribution in [0.3, 0.4) is 0 Å². The van der Waals surface area contributed by atoms with Crippen molar-refractivity contribution in [2.45, 2.75) is 25.7 Å². The summed E-state index contributed by atoms with van der Waals surface area (Å²) in [6.45, 7) is 3.78. The SMILES string of the molecule is OCCC1CCCN(CCc2ccccn2)C1. The summed E-state index contributed by atoms with van der Waals surface area (Å²) in [5.41, 5.74) is 1.18. The molecule has 0 spiro atoms. The minimum atomic E-state index is 0.332. The maximum absolute atomic E-state index is 8.98. The van der Waals surface area contributed by atoms with Crippen LogP contribution in [0.25, 0.3) is 0 Å². The van der Waals surface area contributed by atoms with Crippen molar-refractivity contribution in [1.82, 2.24) is 9.88 Å². The molecule has 1 unspecified atom stereocenters. The van der Waals surface area contributed by atoms with Crippen LogP contribution in [-0.2, 0) is 6.42 Å². The predicted octanol–water partition coefficient (Wildman–Crippen LogP) is 1.72. The summed E-state index contributed by atoms with van der Waals surface area (Å²) in [4.78, 5) is 6.86. The molecule has 1 fully saturated rings. The molecule has 3 heteroatoms. The molecule has 17 heavy (non-hydrogen) atoms. The third kappa shape index (κ3) is 4.10. The summed E-state index contributed by atoms with van der Waals surface area (Å²) in [5.74, 6) is 0.692. The van der Waals surface area contributed by atoms with Gasteiger partial charge in [-0.05, 0) is 43.9 Å². The minimum absolute atomic E-state index is 0.332. The van der Waals surface area contributed by atoms with Crippen LogP contribution in [-0.4, -0.2) is 41.2 Å². The molecular formula is C14H22N2O. The van der Waals surface area contributed by atoms with E-state index in [9.17, 15) is 0 Å². The van der Waals surface area contributed by atoms with Crippen molar-refractivity contribution in [3.8, 4) is 0 Å². The monoisotopic (exact) mass is 234 g/mol. The highest BCUT2D eigenvalue weighted by atomic mass is 16.3. The first kappa shape index (κ1) is 12.5. The molecule has 94 valence electrons. The second kappa shape index (κ2) is 6.72. The first-order valence-electron chi connectivity index (χ1n) is 6.61. The van der Waals surface area contributed by atoms with Gasteiger partial charge in [0, 0.05) is 38.0 Å². The Morgan fingerprint density at radius 2 is 2.35 bits per heavy atom. The molecule has 2 heterocycles. The largest absolute Gasteiger partial charge is 0.396 e. The zero-order chi connectivity index (χ0) is 11.9. The third-order valence-corrected chi connectivity index (χ3v) is 3.55. The van der Waals surface area contributed by atoms with Crippen molar-refractivity contribution in [2.24, 2.45) is 5.92 Å². The fourth-order valence-corrected chi connectivity index (χ4v) is 2.59. The van der Waals surface area contributed by atoms with Gasteiger partial charge in [-0.2, -0.15) is 0 Å². The number of nitrogens with zero attached hydrogens (tertiary/aromatic N) is 2. The Labute approximate surface area is 103 Å². The Kier molecular flexibility index (Phi) is 4.95. The molecule has 1 saturated heterocycles. The molecule has 0 amide bonds. The normalized spacial score (nSPS) is 21.6. The van der Waals surface area contributed by atoms with Crippen LogP contribution in [0.4, 0.5) is 0 Å². The van der Waals surface area contributed by atoms with Gasteiger partial charge in [0.05, 0.1) is 0 Å². The number of pyridine rings is 1. The number of likely N-dealkylation sites (tertiary alicyclic amines) is 1. The van der Waals surface area contributed by atoms with E-state index in [-0.39, 0.29) is 0 Å². The van der Waals surface area contributed by atoms with Gasteiger partial charge in [0.15, 0.2) is 0 Å². The zero-order valence-corrected chi connectivity index (χ0v) is 10.4. The average molecular weight is 234 g/mol. The van der Waals surface area contributed by atoms with E-state index in [0.717, 1.165) is 25.9 Å². The van der Waals surface area contributed by atoms with E-state index in [2.05, 4.69) is 16.0 Å². The molecule has 1 aliphatic heterocycles. The molecule has 2 rings (SSSR count). The fourth-order valence-electron chi connectivity index (χ4n) is 2.59. The lowest BCUT2D eigenvalue weighted by molar-refractivity contribution is 0.149. The highest BCUT2D eigenvalue weighted by Gasteiger charge is 2.18. The van der Waals surface area contributed by atoms with E-state index in [1.165, 1.54) is 25.1 Å². The standard InChI is InChI=1S/C14H22N2O/c17-11-7-13-4-3-9-16(12-13)10-6-14-5-1-2-8-15-14/h1-2,5,8,13,17H,3-4,6-7,9-12H2. The third-order valence-electron chi connectivity index (χ3n) is 3.55. The van der Waals surface area contributed by atoms with Crippen molar-refractivity contribution in [3.05, 3.63) is 30.1 Å². The van der Waals surface area contributed by atoms with Gasteiger partial charge >= 0.3 is 0 Å². The van der Waals surface area contributed by atoms with Crippen molar-refractivity contribution in [3.63, 3.8) is 0 Å². The highest BCUT2D eigenvalue weighted by Crippen LogP contribution is 2.19. The molecule has 3 nitrogen and oxygen atoms in total. The van der Waals surface area contributed by atoms with E-state index < -0.39 is 0 Å². The smallest absolute Gasteiger partial charge is 0.0434 e. The summed E-state index contributed by atoms with van der Waals surface area (Å²) < 4.78 is 0. The molecule has 1 aromatic rings. The molecule has 1 N–H and O–H groups in total. The van der Waals surface area contributed by atoms with Crippen LogP contribution in [0.5, 0.6) is 0 Å². The van der Waals surface area contributed by atoms with Crippen molar-refractivity contribution >= 4 is 0 Å². The lowest BCUT2D eigenvalue weighted by Crippen LogP contribution is -2.37. The van der Waals surface area contributed by atoms with Gasteiger partial charge in [-0.1, -0.05) is 6.07 Å². The number of hydrogen-bond donors (Lipinski definition) is 1. The van der Waals surface area contributed by atoms with Crippen molar-refractivity contribution < 1.29 is 5.11 Å². The number of hydrogen-bond acceptors (Lipinski definition) is 3. The summed E-state index contributed by atoms with van der Waals surface area (Å²) in [7, 11) is 0. The van der Waals surface area contributed by atoms with E-state index in [4.69, 9.17) is 5.11 Å². The second-order valence-corrected chi connectivity index (χ2v) is 4.89. The van der Waals surface area contributed by atoms with Gasteiger partial charge in [0.1, 0.15) is 0 Å². The Bertz CT molecular complexity index is 313. The van der Waals surface area contributed by atoms with Gasteiger partial charge in [-0.25, -0.2) is 0 Å². The first-order chi connectivity index (χ1) is 8.38. The molecular weight excluding hydrogens is 212 g/mol. The van der Waals surface area contributed by atoms with Crippen LogP contribution in [0.2, 0.25) is 0 Å². The van der Waals surface area contributed by atoms with Gasteiger partial charge in [0.2, 0.25) is 0 Å². The van der Waals surface area contributed by atoms with Crippen LogP contribution in [0.1, 0.15) is 25.0 Å². The van der Waals surface area contributed by atoms with Crippen LogP contribution in [0, 0.1) is 5.92 Å².